The van der Waals surface area contributed by atoms with Gasteiger partial charge in [-0.3, -0.25) is 19.3 Å². The molecule has 1 aromatic carbocycles. The Balaban J connectivity index is 0.000000366. The number of hydrogen-bond acceptors (Lipinski definition) is 4. The maximum absolute atomic E-state index is 12.7. The zero-order valence-corrected chi connectivity index (χ0v) is 24.5. The van der Waals surface area contributed by atoms with Crippen LogP contribution < -0.4 is 11.1 Å². The highest BCUT2D eigenvalue weighted by atomic mass is 16.2. The van der Waals surface area contributed by atoms with E-state index in [2.05, 4.69) is 15.1 Å². The van der Waals surface area contributed by atoms with E-state index in [1.54, 1.807) is 24.3 Å². The zero-order valence-electron chi connectivity index (χ0n) is 24.5. The van der Waals surface area contributed by atoms with Crippen LogP contribution in [0.5, 0.6) is 0 Å². The number of amides is 3. The number of primary amides is 1. The minimum atomic E-state index is -0.737. The fourth-order valence-corrected chi connectivity index (χ4v) is 5.59. The number of benzene rings is 1. The molecule has 1 heterocycles. The second kappa shape index (κ2) is 20.5. The molecule has 3 N–H and O–H groups in total. The molecule has 38 heavy (non-hydrogen) atoms. The number of carbonyl (C=O) groups is 3. The van der Waals surface area contributed by atoms with E-state index in [0.29, 0.717) is 23.8 Å². The van der Waals surface area contributed by atoms with Crippen LogP contribution in [0, 0.1) is 5.92 Å². The molecule has 1 aliphatic heterocycles. The zero-order chi connectivity index (χ0) is 28.2. The van der Waals surface area contributed by atoms with Crippen molar-refractivity contribution < 1.29 is 14.4 Å². The number of piperazine rings is 1. The molecule has 1 aromatic rings. The molecule has 7 nitrogen and oxygen atoms in total. The minimum Gasteiger partial charge on any atom is -0.368 e. The lowest BCUT2D eigenvalue weighted by atomic mass is 9.93. The van der Waals surface area contributed by atoms with E-state index in [-0.39, 0.29) is 0 Å². The van der Waals surface area contributed by atoms with E-state index in [0.717, 1.165) is 45.1 Å². The fourth-order valence-electron chi connectivity index (χ4n) is 5.59. The van der Waals surface area contributed by atoms with Gasteiger partial charge in [0.1, 0.15) is 6.04 Å². The van der Waals surface area contributed by atoms with Crippen molar-refractivity contribution in [2.45, 2.75) is 110 Å². The van der Waals surface area contributed by atoms with Crippen molar-refractivity contribution in [2.24, 2.45) is 11.7 Å². The summed E-state index contributed by atoms with van der Waals surface area (Å²) >= 11 is 0. The lowest BCUT2D eigenvalue weighted by Gasteiger charge is -2.41. The van der Waals surface area contributed by atoms with Gasteiger partial charge < -0.3 is 16.0 Å². The van der Waals surface area contributed by atoms with Crippen molar-refractivity contribution in [3.05, 3.63) is 35.9 Å². The second-order valence-electron chi connectivity index (χ2n) is 9.87. The summed E-state index contributed by atoms with van der Waals surface area (Å²) in [5, 5.41) is 2.34. The van der Waals surface area contributed by atoms with Crippen LogP contribution >= 0.6 is 0 Å². The van der Waals surface area contributed by atoms with Crippen molar-refractivity contribution in [3.8, 4) is 0 Å². The van der Waals surface area contributed by atoms with Crippen LogP contribution in [0.1, 0.15) is 110 Å². The maximum atomic E-state index is 12.7. The third kappa shape index (κ3) is 11.5. The molecule has 216 valence electrons. The normalized spacial score (nSPS) is 19.5. The monoisotopic (exact) mass is 530 g/mol. The van der Waals surface area contributed by atoms with Gasteiger partial charge in [-0.05, 0) is 31.2 Å². The number of nitrogens with one attached hydrogen (secondary N) is 1. The van der Waals surface area contributed by atoms with Gasteiger partial charge in [0.15, 0.2) is 0 Å². The molecule has 3 aliphatic rings. The van der Waals surface area contributed by atoms with Crippen molar-refractivity contribution in [3.63, 3.8) is 0 Å². The topological polar surface area (TPSA) is 95.7 Å². The molecular formula is C31H54N4O3. The van der Waals surface area contributed by atoms with Crippen LogP contribution in [0.4, 0.5) is 0 Å². The number of hydrogen-bond donors (Lipinski definition) is 2. The maximum Gasteiger partial charge on any atom is 0.244 e. The first-order chi connectivity index (χ1) is 18.6. The smallest absolute Gasteiger partial charge is 0.244 e. The molecule has 4 rings (SSSR count). The van der Waals surface area contributed by atoms with Crippen molar-refractivity contribution >= 4 is 18.2 Å². The van der Waals surface area contributed by atoms with E-state index in [4.69, 9.17) is 5.73 Å². The van der Waals surface area contributed by atoms with E-state index < -0.39 is 11.9 Å². The van der Waals surface area contributed by atoms with Gasteiger partial charge in [0.2, 0.25) is 18.2 Å². The van der Waals surface area contributed by atoms with Crippen molar-refractivity contribution in [2.75, 3.05) is 26.2 Å². The molecule has 1 unspecified atom stereocenters. The molecule has 2 saturated carbocycles. The SMILES string of the molecule is CC.CC.NC(=O)C(NC=O)c1ccccc1.O=C(C1CCCCCC1)N1CCN(C2CCCCC2)CC1. The Morgan fingerprint density at radius 1 is 0.816 bits per heavy atom. The van der Waals surface area contributed by atoms with E-state index in [9.17, 15) is 14.4 Å². The lowest BCUT2D eigenvalue weighted by molar-refractivity contribution is -0.138. The third-order valence-corrected chi connectivity index (χ3v) is 7.57. The number of carbonyl (C=O) groups excluding carboxylic acids is 3. The van der Waals surface area contributed by atoms with Crippen molar-refractivity contribution in [1.29, 1.82) is 0 Å². The fraction of sp³-hybridized carbons (Fsp3) is 0.710. The molecule has 1 atom stereocenters. The Bertz CT molecular complexity index is 752. The van der Waals surface area contributed by atoms with E-state index in [1.165, 1.54) is 57.8 Å². The second-order valence-corrected chi connectivity index (χ2v) is 9.87. The van der Waals surface area contributed by atoms with Gasteiger partial charge >= 0.3 is 0 Å². The molecule has 7 heteroatoms. The summed E-state index contributed by atoms with van der Waals surface area (Å²) in [7, 11) is 0. The predicted molar refractivity (Wildman–Crippen MR) is 156 cm³/mol. The molecule has 3 fully saturated rings. The summed E-state index contributed by atoms with van der Waals surface area (Å²) in [6.45, 7) is 12.2. The Morgan fingerprint density at radius 3 is 1.82 bits per heavy atom. The van der Waals surface area contributed by atoms with Gasteiger partial charge in [0, 0.05) is 38.1 Å². The molecule has 0 spiro atoms. The van der Waals surface area contributed by atoms with Gasteiger partial charge in [-0.15, -0.1) is 0 Å². The van der Waals surface area contributed by atoms with Gasteiger partial charge in [-0.1, -0.05) is 103 Å². The number of rotatable bonds is 6. The highest BCUT2D eigenvalue weighted by Gasteiger charge is 2.30. The molecule has 3 amide bonds. The average molecular weight is 531 g/mol. The average Bonchev–Trinajstić information content (AvgIpc) is 3.29. The largest absolute Gasteiger partial charge is 0.368 e. The Morgan fingerprint density at radius 2 is 1.32 bits per heavy atom. The van der Waals surface area contributed by atoms with Crippen LogP contribution in [0.3, 0.4) is 0 Å². The van der Waals surface area contributed by atoms with E-state index in [1.807, 2.05) is 33.8 Å². The summed E-state index contributed by atoms with van der Waals surface area (Å²) in [5.41, 5.74) is 5.78. The Labute approximate surface area is 231 Å². The van der Waals surface area contributed by atoms with Crippen molar-refractivity contribution in [1.82, 2.24) is 15.1 Å². The van der Waals surface area contributed by atoms with Gasteiger partial charge in [0.05, 0.1) is 0 Å². The van der Waals surface area contributed by atoms with Gasteiger partial charge in [-0.2, -0.15) is 0 Å². The summed E-state index contributed by atoms with van der Waals surface area (Å²) < 4.78 is 0. The first kappa shape index (κ1) is 33.6. The minimum absolute atomic E-state index is 0.341. The summed E-state index contributed by atoms with van der Waals surface area (Å²) in [4.78, 5) is 38.6. The highest BCUT2D eigenvalue weighted by molar-refractivity contribution is 5.83. The van der Waals surface area contributed by atoms with Gasteiger partial charge in [0.25, 0.3) is 0 Å². The van der Waals surface area contributed by atoms with Crippen LogP contribution in [0.25, 0.3) is 0 Å². The molecule has 0 aromatic heterocycles. The van der Waals surface area contributed by atoms with Crippen LogP contribution in [0.2, 0.25) is 0 Å². The van der Waals surface area contributed by atoms with Crippen LogP contribution in [-0.2, 0) is 14.4 Å². The molecule has 1 saturated heterocycles. The van der Waals surface area contributed by atoms with Crippen LogP contribution in [-0.4, -0.2) is 60.2 Å². The standard InChI is InChI=1S/C18H32N2O.C9H10N2O2.2C2H6/c21-18(16-8-4-1-2-5-9-16)20-14-12-19(13-15-20)17-10-6-3-7-11-17;10-9(13)8(11-6-12)7-4-2-1-3-5-7;2*1-2/h16-17H,1-15H2;1-6,8H,(H2,10,13)(H,11,12);2*1-2H3. The Kier molecular flexibility index (Phi) is 18.2. The van der Waals surface area contributed by atoms with Crippen LogP contribution in [0.15, 0.2) is 30.3 Å². The molecule has 0 bridgehead atoms. The molecule has 0 radical (unpaired) electrons. The predicted octanol–water partition coefficient (Wildman–Crippen LogP) is 5.45. The summed E-state index contributed by atoms with van der Waals surface area (Å²) in [5.74, 6) is 0.243. The lowest BCUT2D eigenvalue weighted by Crippen LogP contribution is -2.53. The number of nitrogens with two attached hydrogens (primary N) is 1. The van der Waals surface area contributed by atoms with E-state index >= 15 is 0 Å². The summed E-state index contributed by atoms with van der Waals surface area (Å²) in [6.07, 6.45) is 14.9. The first-order valence-electron chi connectivity index (χ1n) is 15.2. The molecular weight excluding hydrogens is 476 g/mol. The Hall–Kier alpha value is -2.41. The third-order valence-electron chi connectivity index (χ3n) is 7.57. The highest BCUT2D eigenvalue weighted by Crippen LogP contribution is 2.27. The van der Waals surface area contributed by atoms with Gasteiger partial charge in [-0.25, -0.2) is 0 Å². The summed E-state index contributed by atoms with van der Waals surface area (Å²) in [6, 6.07) is 8.91. The molecule has 2 aliphatic carbocycles. The number of nitrogens with zero attached hydrogens (tertiary/aromatic N) is 2. The first-order valence-corrected chi connectivity index (χ1v) is 15.2. The quantitative estimate of drug-likeness (QED) is 0.378.